The predicted molar refractivity (Wildman–Crippen MR) is 76.8 cm³/mol. The highest BCUT2D eigenvalue weighted by molar-refractivity contribution is 7.84. The van der Waals surface area contributed by atoms with Crippen molar-refractivity contribution in [2.45, 2.75) is 10.6 Å². The second-order valence-corrected chi connectivity index (χ2v) is 6.83. The Balaban J connectivity index is 2.23. The second kappa shape index (κ2) is 5.73. The molecule has 2 aromatic rings. The third-order valence-corrected chi connectivity index (χ3v) is 5.15. The van der Waals surface area contributed by atoms with Crippen molar-refractivity contribution >= 4 is 39.4 Å². The van der Waals surface area contributed by atoms with Gasteiger partial charge in [0.25, 0.3) is 0 Å². The molecule has 0 saturated carbocycles. The molecule has 96 valence electrons. The minimum atomic E-state index is -1.17. The topological polar surface area (TPSA) is 52.3 Å². The number of nitrogen functional groups attached to an aromatic ring is 1. The van der Waals surface area contributed by atoms with Crippen LogP contribution in [0.1, 0.15) is 4.88 Å². The highest BCUT2D eigenvalue weighted by Crippen LogP contribution is 2.29. The molecule has 1 aromatic heterocycles. The molecule has 3 nitrogen and oxygen atoms in total. The third-order valence-electron chi connectivity index (χ3n) is 2.34. The lowest BCUT2D eigenvalue weighted by molar-refractivity contribution is 0.404. The van der Waals surface area contributed by atoms with Gasteiger partial charge in [-0.25, -0.2) is 0 Å². The zero-order chi connectivity index (χ0) is 13.1. The van der Waals surface area contributed by atoms with Gasteiger partial charge in [-0.15, -0.1) is 11.3 Å². The van der Waals surface area contributed by atoms with Crippen molar-refractivity contribution in [1.29, 1.82) is 0 Å². The molecule has 0 aliphatic rings. The van der Waals surface area contributed by atoms with Crippen LogP contribution in [0.15, 0.2) is 35.2 Å². The van der Waals surface area contributed by atoms with Gasteiger partial charge in [0.15, 0.2) is 0 Å². The number of methoxy groups -OCH3 is 1. The van der Waals surface area contributed by atoms with Crippen molar-refractivity contribution in [2.75, 3.05) is 12.8 Å². The molecule has 2 rings (SSSR count). The number of anilines is 1. The SMILES string of the molecule is COc1cc(N)ccc1S(=O)Cc1ccc(Cl)s1. The van der Waals surface area contributed by atoms with Gasteiger partial charge in [0, 0.05) is 16.6 Å². The number of hydrogen-bond donors (Lipinski definition) is 1. The standard InChI is InChI=1S/C12H12ClNO2S2/c1-16-10-6-8(14)2-4-11(10)18(15)7-9-3-5-12(13)17-9/h2-6H,7,14H2,1H3. The van der Waals surface area contributed by atoms with Crippen LogP contribution in [0.5, 0.6) is 5.75 Å². The van der Waals surface area contributed by atoms with E-state index < -0.39 is 10.8 Å². The lowest BCUT2D eigenvalue weighted by Gasteiger charge is -2.08. The number of nitrogens with two attached hydrogens (primary N) is 1. The van der Waals surface area contributed by atoms with E-state index in [0.29, 0.717) is 26.4 Å². The van der Waals surface area contributed by atoms with Gasteiger partial charge >= 0.3 is 0 Å². The van der Waals surface area contributed by atoms with Gasteiger partial charge in [-0.3, -0.25) is 4.21 Å². The molecule has 0 amide bonds. The Hall–Kier alpha value is -1.04. The van der Waals surface area contributed by atoms with Gasteiger partial charge in [0.2, 0.25) is 0 Å². The molecule has 1 aromatic carbocycles. The van der Waals surface area contributed by atoms with Crippen LogP contribution in [0.2, 0.25) is 4.34 Å². The molecular weight excluding hydrogens is 290 g/mol. The zero-order valence-corrected chi connectivity index (χ0v) is 12.1. The first-order chi connectivity index (χ1) is 8.60. The number of thiophene rings is 1. The summed E-state index contributed by atoms with van der Waals surface area (Å²) < 4.78 is 18.2. The minimum Gasteiger partial charge on any atom is -0.495 e. The second-order valence-electron chi connectivity index (χ2n) is 3.61. The van der Waals surface area contributed by atoms with Crippen LogP contribution in [-0.4, -0.2) is 11.3 Å². The van der Waals surface area contributed by atoms with E-state index in [1.165, 1.54) is 18.4 Å². The Morgan fingerprint density at radius 1 is 1.39 bits per heavy atom. The van der Waals surface area contributed by atoms with Crippen LogP contribution in [-0.2, 0) is 16.6 Å². The lowest BCUT2D eigenvalue weighted by atomic mass is 10.3. The monoisotopic (exact) mass is 301 g/mol. The first-order valence-corrected chi connectivity index (χ1v) is 7.67. The minimum absolute atomic E-state index is 0.428. The Morgan fingerprint density at radius 2 is 2.17 bits per heavy atom. The molecular formula is C12H12ClNO2S2. The van der Waals surface area contributed by atoms with Crippen molar-refractivity contribution in [3.8, 4) is 5.75 Å². The largest absolute Gasteiger partial charge is 0.495 e. The predicted octanol–water partition coefficient (Wildman–Crippen LogP) is 3.30. The van der Waals surface area contributed by atoms with Gasteiger partial charge in [-0.1, -0.05) is 11.6 Å². The molecule has 1 heterocycles. The fourth-order valence-electron chi connectivity index (χ4n) is 1.51. The van der Waals surface area contributed by atoms with Crippen molar-refractivity contribution in [3.63, 3.8) is 0 Å². The molecule has 0 bridgehead atoms. The maximum absolute atomic E-state index is 12.3. The summed E-state index contributed by atoms with van der Waals surface area (Å²) >= 11 is 7.28. The first kappa shape index (κ1) is 13.4. The van der Waals surface area contributed by atoms with Crippen LogP contribution >= 0.6 is 22.9 Å². The van der Waals surface area contributed by atoms with E-state index in [-0.39, 0.29) is 0 Å². The summed E-state index contributed by atoms with van der Waals surface area (Å²) in [5.41, 5.74) is 6.25. The van der Waals surface area contributed by atoms with Gasteiger partial charge in [-0.2, -0.15) is 0 Å². The van der Waals surface area contributed by atoms with Gasteiger partial charge in [-0.05, 0) is 24.3 Å². The summed E-state index contributed by atoms with van der Waals surface area (Å²) in [6, 6.07) is 8.82. The van der Waals surface area contributed by atoms with Crippen LogP contribution in [0.25, 0.3) is 0 Å². The van der Waals surface area contributed by atoms with Gasteiger partial charge in [0.05, 0.1) is 32.9 Å². The van der Waals surface area contributed by atoms with Crippen molar-refractivity contribution in [1.82, 2.24) is 0 Å². The molecule has 0 radical (unpaired) electrons. The molecule has 0 aliphatic carbocycles. The number of halogens is 1. The van der Waals surface area contributed by atoms with E-state index in [0.717, 1.165) is 4.88 Å². The third kappa shape index (κ3) is 3.04. The van der Waals surface area contributed by atoms with E-state index in [2.05, 4.69) is 0 Å². The van der Waals surface area contributed by atoms with Crippen LogP contribution in [0, 0.1) is 0 Å². The Kier molecular flexibility index (Phi) is 4.27. The maximum Gasteiger partial charge on any atom is 0.137 e. The molecule has 0 fully saturated rings. The van der Waals surface area contributed by atoms with E-state index >= 15 is 0 Å². The molecule has 0 aliphatic heterocycles. The maximum atomic E-state index is 12.3. The van der Waals surface area contributed by atoms with Gasteiger partial charge < -0.3 is 10.5 Å². The molecule has 2 N–H and O–H groups in total. The van der Waals surface area contributed by atoms with Crippen LogP contribution < -0.4 is 10.5 Å². The van der Waals surface area contributed by atoms with E-state index in [9.17, 15) is 4.21 Å². The molecule has 0 saturated heterocycles. The number of rotatable bonds is 4. The van der Waals surface area contributed by atoms with E-state index in [1.54, 1.807) is 24.3 Å². The zero-order valence-electron chi connectivity index (χ0n) is 9.68. The number of hydrogen-bond acceptors (Lipinski definition) is 4. The first-order valence-electron chi connectivity index (χ1n) is 5.16. The summed E-state index contributed by atoms with van der Waals surface area (Å²) in [6.45, 7) is 0. The summed E-state index contributed by atoms with van der Waals surface area (Å²) in [6.07, 6.45) is 0. The highest BCUT2D eigenvalue weighted by atomic mass is 35.5. The van der Waals surface area contributed by atoms with E-state index in [1.807, 2.05) is 6.07 Å². The quantitative estimate of drug-likeness (QED) is 0.882. The highest BCUT2D eigenvalue weighted by Gasteiger charge is 2.12. The van der Waals surface area contributed by atoms with E-state index in [4.69, 9.17) is 22.1 Å². The molecule has 1 atom stereocenters. The molecule has 0 spiro atoms. The van der Waals surface area contributed by atoms with Crippen LogP contribution in [0.4, 0.5) is 5.69 Å². The lowest BCUT2D eigenvalue weighted by Crippen LogP contribution is -1.99. The fourth-order valence-corrected chi connectivity index (χ4v) is 4.04. The summed E-state index contributed by atoms with van der Waals surface area (Å²) in [4.78, 5) is 1.63. The van der Waals surface area contributed by atoms with Crippen molar-refractivity contribution < 1.29 is 8.95 Å². The summed E-state index contributed by atoms with van der Waals surface area (Å²) in [7, 11) is 0.370. The molecule has 1 unspecified atom stereocenters. The smallest absolute Gasteiger partial charge is 0.137 e. The Bertz CT molecular complexity index is 583. The average molecular weight is 302 g/mol. The van der Waals surface area contributed by atoms with Crippen LogP contribution in [0.3, 0.4) is 0 Å². The van der Waals surface area contributed by atoms with Gasteiger partial charge in [0.1, 0.15) is 5.75 Å². The fraction of sp³-hybridized carbons (Fsp3) is 0.167. The Morgan fingerprint density at radius 3 is 2.78 bits per heavy atom. The number of benzene rings is 1. The number of ether oxygens (including phenoxy) is 1. The Labute approximate surface area is 117 Å². The molecule has 18 heavy (non-hydrogen) atoms. The summed E-state index contributed by atoms with van der Waals surface area (Å²) in [5.74, 6) is 0.980. The summed E-state index contributed by atoms with van der Waals surface area (Å²) in [5, 5.41) is 0. The average Bonchev–Trinajstić information content (AvgIpc) is 2.74. The molecule has 6 heteroatoms. The van der Waals surface area contributed by atoms with Crippen molar-refractivity contribution in [2.24, 2.45) is 0 Å². The van der Waals surface area contributed by atoms with Crippen molar-refractivity contribution in [3.05, 3.63) is 39.5 Å². The normalized spacial score (nSPS) is 12.3.